The SMILES string of the molecule is Cc1cccc(C2(C)CCCN2C=O)c1-c1ccc2nc(N)c(N3CCOCC3)cc2c1. The highest BCUT2D eigenvalue weighted by Gasteiger charge is 2.39. The number of aryl methyl sites for hydroxylation is 1. The molecule has 6 heteroatoms. The van der Waals surface area contributed by atoms with Gasteiger partial charge < -0.3 is 20.3 Å². The number of nitrogen functional groups attached to an aromatic ring is 1. The zero-order chi connectivity index (χ0) is 22.3. The van der Waals surface area contributed by atoms with Crippen LogP contribution in [0.15, 0.2) is 42.5 Å². The molecule has 0 saturated carbocycles. The van der Waals surface area contributed by atoms with Crippen LogP contribution in [0.25, 0.3) is 22.0 Å². The zero-order valence-corrected chi connectivity index (χ0v) is 18.8. The van der Waals surface area contributed by atoms with E-state index >= 15 is 0 Å². The normalized spacial score (nSPS) is 21.3. The number of hydrogen-bond donors (Lipinski definition) is 1. The van der Waals surface area contributed by atoms with Gasteiger partial charge in [-0.2, -0.15) is 0 Å². The molecule has 0 aliphatic carbocycles. The number of carbonyl (C=O) groups is 1. The molecule has 0 radical (unpaired) electrons. The number of nitrogens with two attached hydrogens (primary N) is 1. The Morgan fingerprint density at radius 1 is 1.12 bits per heavy atom. The summed E-state index contributed by atoms with van der Waals surface area (Å²) < 4.78 is 5.50. The Bertz CT molecular complexity index is 1170. The molecule has 1 amide bonds. The van der Waals surface area contributed by atoms with Gasteiger partial charge in [0.2, 0.25) is 6.41 Å². The molecule has 2 N–H and O–H groups in total. The zero-order valence-electron chi connectivity index (χ0n) is 18.8. The van der Waals surface area contributed by atoms with Crippen LogP contribution in [0.3, 0.4) is 0 Å². The Morgan fingerprint density at radius 2 is 1.94 bits per heavy atom. The molecule has 32 heavy (non-hydrogen) atoms. The number of anilines is 2. The summed E-state index contributed by atoms with van der Waals surface area (Å²) in [6, 6.07) is 15.0. The molecule has 1 atom stereocenters. The summed E-state index contributed by atoms with van der Waals surface area (Å²) in [5.74, 6) is 0.559. The number of pyridine rings is 1. The van der Waals surface area contributed by atoms with E-state index in [-0.39, 0.29) is 5.54 Å². The minimum absolute atomic E-state index is 0.295. The highest BCUT2D eigenvalue weighted by molar-refractivity contribution is 5.91. The predicted molar refractivity (Wildman–Crippen MR) is 129 cm³/mol. The minimum atomic E-state index is -0.295. The van der Waals surface area contributed by atoms with Crippen molar-refractivity contribution in [1.29, 1.82) is 0 Å². The van der Waals surface area contributed by atoms with Crippen LogP contribution >= 0.6 is 0 Å². The van der Waals surface area contributed by atoms with Crippen molar-refractivity contribution in [2.24, 2.45) is 0 Å². The maximum Gasteiger partial charge on any atom is 0.210 e. The van der Waals surface area contributed by atoms with Crippen molar-refractivity contribution in [2.75, 3.05) is 43.5 Å². The largest absolute Gasteiger partial charge is 0.382 e. The van der Waals surface area contributed by atoms with Gasteiger partial charge in [0.05, 0.1) is 30.0 Å². The molecule has 5 rings (SSSR count). The molecule has 2 aromatic carbocycles. The molecule has 6 nitrogen and oxygen atoms in total. The number of hydrogen-bond acceptors (Lipinski definition) is 5. The second-order valence-corrected chi connectivity index (χ2v) is 9.07. The van der Waals surface area contributed by atoms with E-state index < -0.39 is 0 Å². The summed E-state index contributed by atoms with van der Waals surface area (Å²) in [4.78, 5) is 20.7. The van der Waals surface area contributed by atoms with Gasteiger partial charge >= 0.3 is 0 Å². The third-order valence-corrected chi connectivity index (χ3v) is 7.14. The average molecular weight is 431 g/mol. The summed E-state index contributed by atoms with van der Waals surface area (Å²) >= 11 is 0. The van der Waals surface area contributed by atoms with Crippen molar-refractivity contribution in [3.05, 3.63) is 53.6 Å². The van der Waals surface area contributed by atoms with Gasteiger partial charge in [0.1, 0.15) is 5.82 Å². The number of carbonyl (C=O) groups excluding carboxylic acids is 1. The van der Waals surface area contributed by atoms with Gasteiger partial charge in [-0.05, 0) is 67.1 Å². The van der Waals surface area contributed by atoms with Crippen LogP contribution in [0.1, 0.15) is 30.9 Å². The van der Waals surface area contributed by atoms with Crippen LogP contribution < -0.4 is 10.6 Å². The van der Waals surface area contributed by atoms with E-state index in [1.807, 2.05) is 4.90 Å². The van der Waals surface area contributed by atoms with Crippen LogP contribution in [0, 0.1) is 6.92 Å². The van der Waals surface area contributed by atoms with Crippen LogP contribution in [0.5, 0.6) is 0 Å². The van der Waals surface area contributed by atoms with Gasteiger partial charge in [-0.15, -0.1) is 0 Å². The number of benzene rings is 2. The van der Waals surface area contributed by atoms with Crippen LogP contribution in [-0.2, 0) is 15.1 Å². The number of amides is 1. The van der Waals surface area contributed by atoms with E-state index in [0.29, 0.717) is 19.0 Å². The van der Waals surface area contributed by atoms with Gasteiger partial charge in [0.25, 0.3) is 0 Å². The Balaban J connectivity index is 1.64. The lowest BCUT2D eigenvalue weighted by Crippen LogP contribution is -2.38. The van der Waals surface area contributed by atoms with Gasteiger partial charge in [0, 0.05) is 25.0 Å². The quantitative estimate of drug-likeness (QED) is 0.631. The number of fused-ring (bicyclic) bond motifs is 1. The van der Waals surface area contributed by atoms with Crippen molar-refractivity contribution in [1.82, 2.24) is 9.88 Å². The molecule has 166 valence electrons. The molecule has 3 heterocycles. The fourth-order valence-electron chi connectivity index (χ4n) is 5.34. The van der Waals surface area contributed by atoms with E-state index in [9.17, 15) is 4.79 Å². The number of aromatic nitrogens is 1. The number of ether oxygens (including phenoxy) is 1. The lowest BCUT2D eigenvalue weighted by molar-refractivity contribution is -0.121. The maximum absolute atomic E-state index is 11.8. The number of morpholine rings is 1. The third kappa shape index (κ3) is 3.39. The number of nitrogens with zero attached hydrogens (tertiary/aromatic N) is 3. The van der Waals surface area contributed by atoms with Gasteiger partial charge in [-0.25, -0.2) is 4.98 Å². The number of rotatable bonds is 4. The second-order valence-electron chi connectivity index (χ2n) is 9.07. The first kappa shape index (κ1) is 20.8. The smallest absolute Gasteiger partial charge is 0.210 e. The van der Waals surface area contributed by atoms with Crippen molar-refractivity contribution >= 4 is 28.8 Å². The first-order valence-electron chi connectivity index (χ1n) is 11.4. The molecular weight excluding hydrogens is 400 g/mol. The fraction of sp³-hybridized carbons (Fsp3) is 0.385. The van der Waals surface area contributed by atoms with E-state index in [2.05, 4.69) is 66.2 Å². The average Bonchev–Trinajstić information content (AvgIpc) is 3.20. The Hall–Kier alpha value is -3.12. The Labute approximate surface area is 189 Å². The summed E-state index contributed by atoms with van der Waals surface area (Å²) in [5, 5.41) is 1.07. The second kappa shape index (κ2) is 8.10. The molecule has 2 aliphatic heterocycles. The first-order valence-corrected chi connectivity index (χ1v) is 11.4. The predicted octanol–water partition coefficient (Wildman–Crippen LogP) is 4.10. The molecule has 2 saturated heterocycles. The molecule has 0 bridgehead atoms. The van der Waals surface area contributed by atoms with Crippen LogP contribution in [0.2, 0.25) is 0 Å². The van der Waals surface area contributed by atoms with Crippen molar-refractivity contribution in [2.45, 2.75) is 32.2 Å². The van der Waals surface area contributed by atoms with Crippen LogP contribution in [0.4, 0.5) is 11.5 Å². The molecule has 1 aromatic heterocycles. The van der Waals surface area contributed by atoms with E-state index in [1.165, 1.54) is 16.7 Å². The van der Waals surface area contributed by atoms with Crippen molar-refractivity contribution < 1.29 is 9.53 Å². The van der Waals surface area contributed by atoms with Gasteiger partial charge in [0.15, 0.2) is 0 Å². The monoisotopic (exact) mass is 430 g/mol. The molecular formula is C26H30N4O2. The molecule has 1 unspecified atom stereocenters. The fourth-order valence-corrected chi connectivity index (χ4v) is 5.34. The van der Waals surface area contributed by atoms with Gasteiger partial charge in [-0.1, -0.05) is 24.3 Å². The topological polar surface area (TPSA) is 71.7 Å². The summed E-state index contributed by atoms with van der Waals surface area (Å²) in [6.07, 6.45) is 2.99. The summed E-state index contributed by atoms with van der Waals surface area (Å²) in [5.41, 5.74) is 12.6. The summed E-state index contributed by atoms with van der Waals surface area (Å²) in [6.45, 7) is 8.18. The molecule has 2 fully saturated rings. The standard InChI is InChI=1S/C26H30N4O2/c1-18-5-3-6-21(26(2)9-4-10-30(26)17-31)24(18)19-7-8-22-20(15-19)16-23(25(27)28-22)29-11-13-32-14-12-29/h3,5-8,15-17H,4,9-14H2,1-2H3,(H2,27,28). The Morgan fingerprint density at radius 3 is 2.72 bits per heavy atom. The lowest BCUT2D eigenvalue weighted by atomic mass is 9.82. The molecule has 2 aliphatic rings. The molecule has 3 aromatic rings. The highest BCUT2D eigenvalue weighted by Crippen LogP contribution is 2.43. The Kier molecular flexibility index (Phi) is 5.25. The van der Waals surface area contributed by atoms with Crippen LogP contribution in [-0.4, -0.2) is 49.1 Å². The van der Waals surface area contributed by atoms with E-state index in [4.69, 9.17) is 10.5 Å². The van der Waals surface area contributed by atoms with Crippen molar-refractivity contribution in [3.63, 3.8) is 0 Å². The first-order chi connectivity index (χ1) is 15.5. The van der Waals surface area contributed by atoms with Crippen molar-refractivity contribution in [3.8, 4) is 11.1 Å². The summed E-state index contributed by atoms with van der Waals surface area (Å²) in [7, 11) is 0. The van der Waals surface area contributed by atoms with E-state index in [0.717, 1.165) is 61.0 Å². The van der Waals surface area contributed by atoms with E-state index in [1.54, 1.807) is 0 Å². The van der Waals surface area contributed by atoms with Gasteiger partial charge in [-0.3, -0.25) is 4.79 Å². The maximum atomic E-state index is 11.8. The molecule has 0 spiro atoms. The highest BCUT2D eigenvalue weighted by atomic mass is 16.5. The minimum Gasteiger partial charge on any atom is -0.382 e. The lowest BCUT2D eigenvalue weighted by Gasteiger charge is -2.35. The third-order valence-electron chi connectivity index (χ3n) is 7.14. The number of likely N-dealkylation sites (tertiary alicyclic amines) is 1.